The molecule has 2 heteroatoms. The largest absolute Gasteiger partial charge is 0.456 e. The van der Waals surface area contributed by atoms with Gasteiger partial charge in [-0.1, -0.05) is 141 Å². The summed E-state index contributed by atoms with van der Waals surface area (Å²) in [5.74, 6) is 0. The zero-order valence-electron chi connectivity index (χ0n) is 28.6. The summed E-state index contributed by atoms with van der Waals surface area (Å²) < 4.78 is 6.23. The molecule has 2 nitrogen and oxygen atoms in total. The van der Waals surface area contributed by atoms with Crippen molar-refractivity contribution in [3.63, 3.8) is 0 Å². The van der Waals surface area contributed by atoms with Gasteiger partial charge in [-0.05, 0) is 98.2 Å². The van der Waals surface area contributed by atoms with Crippen LogP contribution in [0.3, 0.4) is 0 Å². The second-order valence-electron chi connectivity index (χ2n) is 14.1. The topological polar surface area (TPSA) is 16.4 Å². The number of hydrogen-bond donors (Lipinski definition) is 0. The molecule has 0 saturated heterocycles. The van der Waals surface area contributed by atoms with E-state index >= 15 is 0 Å². The number of rotatable bonds is 5. The molecule has 0 N–H and O–H groups in total. The molecule has 10 rings (SSSR count). The van der Waals surface area contributed by atoms with E-state index in [1.807, 2.05) is 12.1 Å². The number of fused-ring (bicyclic) bond motifs is 7. The van der Waals surface area contributed by atoms with Crippen molar-refractivity contribution in [1.82, 2.24) is 0 Å². The summed E-state index contributed by atoms with van der Waals surface area (Å²) >= 11 is 0. The number of benzene rings is 8. The van der Waals surface area contributed by atoms with Crippen molar-refractivity contribution >= 4 is 49.8 Å². The summed E-state index contributed by atoms with van der Waals surface area (Å²) in [5, 5.41) is 4.68. The normalized spacial score (nSPS) is 13.1. The molecule has 0 saturated carbocycles. The summed E-state index contributed by atoms with van der Waals surface area (Å²) in [6, 6.07) is 63.7. The van der Waals surface area contributed by atoms with Crippen LogP contribution in [-0.4, -0.2) is 0 Å². The van der Waals surface area contributed by atoms with E-state index in [1.54, 1.807) is 0 Å². The van der Waals surface area contributed by atoms with Gasteiger partial charge in [0.2, 0.25) is 0 Å². The first-order valence-corrected chi connectivity index (χ1v) is 17.7. The van der Waals surface area contributed by atoms with Crippen LogP contribution in [0.15, 0.2) is 180 Å². The third kappa shape index (κ3) is 4.64. The Hall–Kier alpha value is -6.38. The molecule has 0 atom stereocenters. The Bertz CT molecular complexity index is 2750. The van der Waals surface area contributed by atoms with Gasteiger partial charge in [-0.25, -0.2) is 0 Å². The molecule has 0 unspecified atom stereocenters. The average molecular weight is 654 g/mol. The monoisotopic (exact) mass is 653 g/mol. The molecule has 242 valence electrons. The second kappa shape index (κ2) is 11.3. The summed E-state index contributed by atoms with van der Waals surface area (Å²) in [7, 11) is 0. The van der Waals surface area contributed by atoms with Crippen molar-refractivity contribution in [2.75, 3.05) is 4.90 Å². The number of furan rings is 1. The third-order valence-electron chi connectivity index (χ3n) is 10.9. The molecule has 0 amide bonds. The van der Waals surface area contributed by atoms with Crippen LogP contribution < -0.4 is 4.90 Å². The highest BCUT2D eigenvalue weighted by atomic mass is 16.3. The molecule has 1 aliphatic carbocycles. The summed E-state index contributed by atoms with van der Waals surface area (Å²) in [5.41, 5.74) is 15.3. The van der Waals surface area contributed by atoms with Crippen molar-refractivity contribution in [3.8, 4) is 33.4 Å². The fourth-order valence-corrected chi connectivity index (χ4v) is 8.32. The number of anilines is 3. The van der Waals surface area contributed by atoms with Gasteiger partial charge in [0.05, 0.1) is 5.69 Å². The quantitative estimate of drug-likeness (QED) is 0.184. The van der Waals surface area contributed by atoms with Crippen LogP contribution in [0.1, 0.15) is 25.0 Å². The maximum Gasteiger partial charge on any atom is 0.136 e. The third-order valence-corrected chi connectivity index (χ3v) is 10.9. The van der Waals surface area contributed by atoms with Crippen molar-refractivity contribution in [2.45, 2.75) is 19.3 Å². The first-order valence-electron chi connectivity index (χ1n) is 17.7. The molecule has 1 aliphatic rings. The standard InChI is InChI=1S/C49H35NO/c1-49(2)43-18-8-6-16-40(43)48-44(49)19-11-20-45(48)50(36-26-22-33(23-27-36)32-12-4-3-5-13-32)37-28-24-34(25-29-37)38-17-10-14-35-30-47-42(31-41(35)38)39-15-7-9-21-46(39)51-47/h3-31H,1-2H3. The van der Waals surface area contributed by atoms with E-state index in [4.69, 9.17) is 4.42 Å². The summed E-state index contributed by atoms with van der Waals surface area (Å²) in [6.45, 7) is 4.69. The lowest BCUT2D eigenvalue weighted by Crippen LogP contribution is -2.16. The fourth-order valence-electron chi connectivity index (χ4n) is 8.32. The van der Waals surface area contributed by atoms with Crippen LogP contribution in [0.5, 0.6) is 0 Å². The van der Waals surface area contributed by atoms with E-state index < -0.39 is 0 Å². The lowest BCUT2D eigenvalue weighted by Gasteiger charge is -2.29. The Balaban J connectivity index is 1.13. The molecule has 9 aromatic rings. The highest BCUT2D eigenvalue weighted by Gasteiger charge is 2.37. The minimum Gasteiger partial charge on any atom is -0.456 e. The van der Waals surface area contributed by atoms with Gasteiger partial charge in [-0.2, -0.15) is 0 Å². The number of nitrogens with zero attached hydrogens (tertiary/aromatic N) is 1. The Morgan fingerprint density at radius 3 is 1.86 bits per heavy atom. The van der Waals surface area contributed by atoms with E-state index in [2.05, 4.69) is 183 Å². The van der Waals surface area contributed by atoms with Crippen molar-refractivity contribution in [2.24, 2.45) is 0 Å². The predicted molar refractivity (Wildman–Crippen MR) is 214 cm³/mol. The van der Waals surface area contributed by atoms with Crippen LogP contribution in [0.4, 0.5) is 17.1 Å². The molecule has 0 bridgehead atoms. The maximum absolute atomic E-state index is 6.23. The highest BCUT2D eigenvalue weighted by molar-refractivity contribution is 6.12. The zero-order chi connectivity index (χ0) is 34.1. The van der Waals surface area contributed by atoms with Gasteiger partial charge in [-0.15, -0.1) is 0 Å². The van der Waals surface area contributed by atoms with Gasteiger partial charge in [0, 0.05) is 33.1 Å². The van der Waals surface area contributed by atoms with Gasteiger partial charge in [0.15, 0.2) is 0 Å². The SMILES string of the molecule is CC1(C)c2ccccc2-c2c(N(c3ccc(-c4ccccc4)cc3)c3ccc(-c4cccc5cc6oc7ccccc7c6cc45)cc3)cccc21. The van der Waals surface area contributed by atoms with E-state index in [1.165, 1.54) is 61.0 Å². The predicted octanol–water partition coefficient (Wildman–Crippen LogP) is 13.8. The van der Waals surface area contributed by atoms with Gasteiger partial charge < -0.3 is 9.32 Å². The molecule has 51 heavy (non-hydrogen) atoms. The van der Waals surface area contributed by atoms with Crippen LogP contribution >= 0.6 is 0 Å². The van der Waals surface area contributed by atoms with Crippen LogP contribution in [0.2, 0.25) is 0 Å². The second-order valence-corrected chi connectivity index (χ2v) is 14.1. The first kappa shape index (κ1) is 29.5. The van der Waals surface area contributed by atoms with E-state index in [9.17, 15) is 0 Å². The van der Waals surface area contributed by atoms with Crippen LogP contribution in [0.25, 0.3) is 66.1 Å². The summed E-state index contributed by atoms with van der Waals surface area (Å²) in [6.07, 6.45) is 0. The number of para-hydroxylation sites is 1. The van der Waals surface area contributed by atoms with Crippen LogP contribution in [0, 0.1) is 0 Å². The first-order chi connectivity index (χ1) is 25.0. The Labute approximate surface area is 297 Å². The summed E-state index contributed by atoms with van der Waals surface area (Å²) in [4.78, 5) is 2.43. The van der Waals surface area contributed by atoms with E-state index in [0.717, 1.165) is 33.3 Å². The molecule has 0 radical (unpaired) electrons. The molecular weight excluding hydrogens is 619 g/mol. The van der Waals surface area contributed by atoms with Crippen molar-refractivity contribution in [1.29, 1.82) is 0 Å². The fraction of sp³-hybridized carbons (Fsp3) is 0.0612. The lowest BCUT2D eigenvalue weighted by atomic mass is 9.82. The maximum atomic E-state index is 6.23. The van der Waals surface area contributed by atoms with Crippen LogP contribution in [-0.2, 0) is 5.41 Å². The van der Waals surface area contributed by atoms with Gasteiger partial charge in [-0.3, -0.25) is 0 Å². The Morgan fingerprint density at radius 1 is 0.431 bits per heavy atom. The van der Waals surface area contributed by atoms with Gasteiger partial charge in [0.25, 0.3) is 0 Å². The minimum absolute atomic E-state index is 0.0886. The molecule has 1 aromatic heterocycles. The zero-order valence-corrected chi connectivity index (χ0v) is 28.6. The van der Waals surface area contributed by atoms with Crippen molar-refractivity contribution in [3.05, 3.63) is 187 Å². The average Bonchev–Trinajstić information content (AvgIpc) is 3.66. The van der Waals surface area contributed by atoms with Gasteiger partial charge in [0.1, 0.15) is 11.2 Å². The van der Waals surface area contributed by atoms with Crippen molar-refractivity contribution < 1.29 is 4.42 Å². The molecule has 0 fully saturated rings. The molecule has 0 spiro atoms. The molecular formula is C49H35NO. The molecule has 0 aliphatic heterocycles. The molecule has 1 heterocycles. The number of hydrogen-bond acceptors (Lipinski definition) is 2. The highest BCUT2D eigenvalue weighted by Crippen LogP contribution is 2.54. The minimum atomic E-state index is -0.0886. The smallest absolute Gasteiger partial charge is 0.136 e. The Kier molecular flexibility index (Phi) is 6.56. The Morgan fingerprint density at radius 2 is 1.06 bits per heavy atom. The molecule has 8 aromatic carbocycles. The van der Waals surface area contributed by atoms with Gasteiger partial charge >= 0.3 is 0 Å². The van der Waals surface area contributed by atoms with E-state index in [-0.39, 0.29) is 5.41 Å². The lowest BCUT2D eigenvalue weighted by molar-refractivity contribution is 0.660. The van der Waals surface area contributed by atoms with E-state index in [0.29, 0.717) is 0 Å².